The molecule has 2 aromatic carbocycles. The van der Waals surface area contributed by atoms with Gasteiger partial charge in [-0.2, -0.15) is 0 Å². The van der Waals surface area contributed by atoms with Gasteiger partial charge >= 0.3 is 6.09 Å². The second kappa shape index (κ2) is 59.9. The average molecular weight is 1790 g/mol. The number of fused-ring (bicyclic) bond motifs is 2. The van der Waals surface area contributed by atoms with Crippen LogP contribution in [0, 0.1) is 43.3 Å². The van der Waals surface area contributed by atoms with Crippen LogP contribution in [0.25, 0.3) is 20.4 Å². The van der Waals surface area contributed by atoms with Gasteiger partial charge in [0.05, 0.1) is 0 Å². The van der Waals surface area contributed by atoms with Crippen molar-refractivity contribution >= 4 is 144 Å². The summed E-state index contributed by atoms with van der Waals surface area (Å²) in [6.45, 7) is 11.9. The van der Waals surface area contributed by atoms with Crippen molar-refractivity contribution < 1.29 is 47.9 Å². The van der Waals surface area contributed by atoms with Crippen LogP contribution in [0.3, 0.4) is 0 Å². The van der Waals surface area contributed by atoms with Gasteiger partial charge in [-0.3, -0.25) is 81.6 Å². The monoisotopic (exact) mass is 1790 g/mol. The third-order valence-corrected chi connectivity index (χ3v) is 20.5. The minimum absolute atomic E-state index is 0.00208. The smallest absolute Gasteiger partial charge is 0.408 e. The van der Waals surface area contributed by atoms with Crippen LogP contribution in [0.2, 0.25) is 0 Å². The van der Waals surface area contributed by atoms with Crippen molar-refractivity contribution in [1.82, 2.24) is 95.4 Å². The molecule has 0 spiro atoms. The van der Waals surface area contributed by atoms with Crippen LogP contribution in [0.1, 0.15) is 189 Å². The summed E-state index contributed by atoms with van der Waals surface area (Å²) in [6.07, 6.45) is 7.98. The number of carbonyl (C=O) groups excluding carboxylic acids is 9. The molecule has 46 nitrogen and oxygen atoms in total. The minimum atomic E-state index is -1.57. The summed E-state index contributed by atoms with van der Waals surface area (Å²) in [5.41, 5.74) is 47.4. The number of hydrogen-bond acceptors (Lipinski definition) is 21. The van der Waals surface area contributed by atoms with E-state index in [1.165, 1.54) is 31.4 Å². The SMILES string of the molecule is CCCCCCN(CCCCCC)c1ccc2nc3ccc(NCCNC(=O)[C@H](CCCNC(=N)N)NC(=O)[C@H](CCCNC(=N)N)NC(=O)[C@H](CCCNC(=N)N)NC(=O)[C@H](CCCNC(=N)N)NC(=O)[C@H](CCCNC(=N)N)NC(=O)[C@H](CCCNC(=N)N)NC(=O)[C@H](CCCNC(=N)N)NC(=O)[C@H](CCCNC(=N)N)NC(=O)OC(C)(C)C)cc3[s+]c2c1. The van der Waals surface area contributed by atoms with Gasteiger partial charge in [-0.15, -0.1) is 0 Å². The lowest BCUT2D eigenvalue weighted by atomic mass is 10.0. The van der Waals surface area contributed by atoms with Gasteiger partial charge in [0.2, 0.25) is 58.6 Å². The van der Waals surface area contributed by atoms with Crippen molar-refractivity contribution in [3.05, 3.63) is 36.4 Å². The van der Waals surface area contributed by atoms with E-state index in [9.17, 15) is 28.8 Å². The van der Waals surface area contributed by atoms with Crippen molar-refractivity contribution in [1.29, 1.82) is 43.3 Å². The molecule has 0 saturated heterocycles. The van der Waals surface area contributed by atoms with Crippen LogP contribution in [0.4, 0.5) is 16.2 Å². The van der Waals surface area contributed by atoms with Crippen LogP contribution >= 0.6 is 11.3 Å². The topological polar surface area (TPSA) is 794 Å². The minimum Gasteiger partial charge on any atom is -0.444 e. The molecule has 3 aromatic rings. The lowest BCUT2D eigenvalue weighted by Gasteiger charge is -2.29. The van der Waals surface area contributed by atoms with Gasteiger partial charge in [0, 0.05) is 102 Å². The number of rotatable bonds is 63. The van der Waals surface area contributed by atoms with E-state index in [4.69, 9.17) is 98.9 Å². The number of aromatic nitrogens is 1. The molecule has 0 bridgehead atoms. The molecule has 1 heterocycles. The number of anilines is 2. The summed E-state index contributed by atoms with van der Waals surface area (Å²) >= 11 is 1.64. The quantitative estimate of drug-likeness (QED) is 0.0102. The Morgan fingerprint density at radius 3 is 0.889 bits per heavy atom. The molecule has 0 saturated carbocycles. The molecule has 0 aliphatic heterocycles. The molecule has 0 aliphatic carbocycles. The third kappa shape index (κ3) is 47.2. The number of carbonyl (C=O) groups is 9. The van der Waals surface area contributed by atoms with Gasteiger partial charge in [0.25, 0.3) is 9.40 Å². The van der Waals surface area contributed by atoms with Gasteiger partial charge in [-0.1, -0.05) is 52.4 Å². The first-order valence-electron chi connectivity index (χ1n) is 43.1. The van der Waals surface area contributed by atoms with Gasteiger partial charge < -0.3 is 151 Å². The number of nitrogens with one attached hydrogen (secondary N) is 26. The van der Waals surface area contributed by atoms with Gasteiger partial charge in [0.1, 0.15) is 65.0 Å². The van der Waals surface area contributed by atoms with E-state index in [1.54, 1.807) is 32.1 Å². The Labute approximate surface area is 741 Å². The second-order valence-electron chi connectivity index (χ2n) is 31.4. The molecular formula is C79H143N36O10S+. The highest BCUT2D eigenvalue weighted by Crippen LogP contribution is 2.31. The fourth-order valence-corrected chi connectivity index (χ4v) is 14.0. The summed E-state index contributed by atoms with van der Waals surface area (Å²) in [5.74, 6) is -10.2. The van der Waals surface area contributed by atoms with Crippen molar-refractivity contribution in [3.8, 4) is 0 Å². The first-order valence-corrected chi connectivity index (χ1v) is 43.9. The highest BCUT2D eigenvalue weighted by molar-refractivity contribution is 7.24. The number of guanidine groups is 8. The Kier molecular flexibility index (Phi) is 51.1. The van der Waals surface area contributed by atoms with Crippen LogP contribution in [0.5, 0.6) is 0 Å². The highest BCUT2D eigenvalue weighted by atomic mass is 32.1. The van der Waals surface area contributed by atoms with Crippen LogP contribution in [-0.4, -0.2) is 238 Å². The number of amides is 9. The zero-order chi connectivity index (χ0) is 93.5. The molecule has 0 fully saturated rings. The van der Waals surface area contributed by atoms with Crippen LogP contribution in [-0.2, 0) is 43.1 Å². The molecule has 8 atom stereocenters. The normalized spacial score (nSPS) is 12.9. The van der Waals surface area contributed by atoms with E-state index in [0.29, 0.717) is 0 Å². The average Bonchev–Trinajstić information content (AvgIpc) is 0.786. The van der Waals surface area contributed by atoms with Gasteiger partial charge in [-0.25, -0.2) is 9.78 Å². The van der Waals surface area contributed by atoms with Gasteiger partial charge in [0.15, 0.2) is 47.7 Å². The Bertz CT molecular complexity index is 4030. The molecule has 1 aromatic heterocycles. The fraction of sp³-hybridized carbons (Fsp3) is 0.633. The van der Waals surface area contributed by atoms with Crippen LogP contribution < -0.4 is 146 Å². The predicted molar refractivity (Wildman–Crippen MR) is 493 cm³/mol. The molecule has 0 radical (unpaired) electrons. The lowest BCUT2D eigenvalue weighted by Crippen LogP contribution is -2.60. The molecule has 0 aliphatic rings. The zero-order valence-corrected chi connectivity index (χ0v) is 74.4. The number of benzene rings is 2. The maximum absolute atomic E-state index is 15.1. The highest BCUT2D eigenvalue weighted by Gasteiger charge is 2.36. The molecule has 0 unspecified atom stereocenters. The van der Waals surface area contributed by atoms with E-state index in [0.717, 1.165) is 64.9 Å². The molecule has 126 heavy (non-hydrogen) atoms. The Hall–Kier alpha value is -12.7. The van der Waals surface area contributed by atoms with E-state index < -0.39 is 137 Å². The van der Waals surface area contributed by atoms with Crippen molar-refractivity contribution in [2.75, 3.05) is 88.8 Å². The maximum Gasteiger partial charge on any atom is 0.408 e. The van der Waals surface area contributed by atoms with E-state index >= 15 is 14.4 Å². The zero-order valence-electron chi connectivity index (χ0n) is 73.5. The summed E-state index contributed by atoms with van der Waals surface area (Å²) in [6, 6.07) is 0.640. The second-order valence-corrected chi connectivity index (χ2v) is 32.4. The standard InChI is InChI=1S/C79H142N36O10S/c1-6-8-10-12-44-115(45-13-11-9-7-2)49-31-33-51-61(47-49)126-60-46-48(30-32-50(60)106-51)96-42-43-97-62(116)52(22-14-34-98-70(80)81)107-63(117)53(23-15-35-99-71(82)83)108-64(118)54(24-16-36-100-72(84)85)109-65(119)55(25-17-37-101-73(86)87)110-66(120)56(26-18-38-102-74(88)89)111-67(121)57(27-19-39-103-75(90)91)112-68(122)58(28-20-40-104-76(92)93)113-69(123)59(29-21-41-105-77(94)95)114-78(124)125-79(3,4)5/h30-33,46-47,52-59,96H,6-29,34-45H2,1-5H3,(H40-,80,81,82,83,84,85,86,87,88,89,90,91,92,93,94,95,97,98,99,100,101,102,103,104,105,107,108,109,110,111,112,113,114,116,117,118,119,120,121,122,123,124)/p+1/t52-,53-,54-,55-,56-,57-,58-,59-/m0/s1. The number of ether oxygens (including phenoxy) is 1. The summed E-state index contributed by atoms with van der Waals surface area (Å²) in [5, 5.41) is 111. The Morgan fingerprint density at radius 2 is 0.611 bits per heavy atom. The third-order valence-electron chi connectivity index (χ3n) is 19.4. The Balaban J connectivity index is 2.07. The molecule has 3 rings (SSSR count). The molecule has 47 heteroatoms. The summed E-state index contributed by atoms with van der Waals surface area (Å²) in [4.78, 5) is 139. The van der Waals surface area contributed by atoms with E-state index in [2.05, 4.69) is 133 Å². The number of hydrogen-bond donors (Lipinski definition) is 34. The number of unbranched alkanes of at least 4 members (excludes halogenated alkanes) is 6. The van der Waals surface area contributed by atoms with Crippen LogP contribution in [0.15, 0.2) is 36.4 Å². The summed E-state index contributed by atoms with van der Waals surface area (Å²) in [7, 11) is 0. The molecule has 42 N–H and O–H groups in total. The molecule has 9 amide bonds. The first-order chi connectivity index (χ1) is 59.9. The predicted octanol–water partition coefficient (Wildman–Crippen LogP) is -1.38. The summed E-state index contributed by atoms with van der Waals surface area (Å²) < 4.78 is 7.43. The van der Waals surface area contributed by atoms with Gasteiger partial charge in [-0.05, 0) is 161 Å². The fourth-order valence-electron chi connectivity index (χ4n) is 13.0. The molecular weight excluding hydrogens is 1650 g/mol. The largest absolute Gasteiger partial charge is 0.444 e. The van der Waals surface area contributed by atoms with E-state index in [1.807, 2.05) is 18.2 Å². The number of alkyl carbamates (subject to hydrolysis) is 1. The van der Waals surface area contributed by atoms with Crippen molar-refractivity contribution in [2.45, 2.75) is 243 Å². The number of nitrogens with two attached hydrogens (primary N) is 8. The van der Waals surface area contributed by atoms with Crippen molar-refractivity contribution in [2.24, 2.45) is 45.9 Å². The van der Waals surface area contributed by atoms with Crippen molar-refractivity contribution in [3.63, 3.8) is 0 Å². The van der Waals surface area contributed by atoms with E-state index in [-0.39, 0.29) is 186 Å². The molecule has 704 valence electrons. The first kappa shape index (κ1) is 107. The lowest BCUT2D eigenvalue weighted by molar-refractivity contribution is -0.136. The number of nitrogens with zero attached hydrogens (tertiary/aromatic N) is 2. The Morgan fingerprint density at radius 1 is 0.341 bits per heavy atom. The maximum atomic E-state index is 15.1.